The lowest BCUT2D eigenvalue weighted by Crippen LogP contribution is -2.50. The molecule has 1 amide bonds. The van der Waals surface area contributed by atoms with E-state index < -0.39 is 10.5 Å². The zero-order valence-corrected chi connectivity index (χ0v) is 14.2. The summed E-state index contributed by atoms with van der Waals surface area (Å²) in [6.45, 7) is 3.30. The maximum atomic E-state index is 12.7. The van der Waals surface area contributed by atoms with Crippen LogP contribution in [0.3, 0.4) is 0 Å². The normalized spacial score (nSPS) is 20.5. The third-order valence-corrected chi connectivity index (χ3v) is 4.42. The van der Waals surface area contributed by atoms with E-state index in [1.165, 1.54) is 12.1 Å². The smallest absolute Gasteiger partial charge is 0.269 e. The zero-order valence-electron chi connectivity index (χ0n) is 14.2. The van der Waals surface area contributed by atoms with Crippen molar-refractivity contribution in [3.63, 3.8) is 0 Å². The van der Waals surface area contributed by atoms with E-state index in [2.05, 4.69) is 5.10 Å². The number of morpholine rings is 1. The van der Waals surface area contributed by atoms with E-state index >= 15 is 0 Å². The van der Waals surface area contributed by atoms with Crippen molar-refractivity contribution in [3.05, 3.63) is 57.9 Å². The van der Waals surface area contributed by atoms with Crippen LogP contribution in [0.2, 0.25) is 0 Å². The van der Waals surface area contributed by atoms with Crippen molar-refractivity contribution < 1.29 is 14.5 Å². The Labute approximate surface area is 145 Å². The fourth-order valence-corrected chi connectivity index (χ4v) is 3.02. The highest BCUT2D eigenvalue weighted by molar-refractivity contribution is 5.79. The number of hydrogen-bond acceptors (Lipinski definition) is 5. The lowest BCUT2D eigenvalue weighted by Gasteiger charge is -2.40. The Morgan fingerprint density at radius 3 is 2.96 bits per heavy atom. The molecule has 1 saturated heterocycles. The second kappa shape index (κ2) is 6.64. The lowest BCUT2D eigenvalue weighted by molar-refractivity contribution is -0.384. The summed E-state index contributed by atoms with van der Waals surface area (Å²) >= 11 is 0. The predicted molar refractivity (Wildman–Crippen MR) is 89.9 cm³/mol. The van der Waals surface area contributed by atoms with Gasteiger partial charge in [-0.1, -0.05) is 12.1 Å². The van der Waals surface area contributed by atoms with Gasteiger partial charge in [0.15, 0.2) is 0 Å². The van der Waals surface area contributed by atoms with Gasteiger partial charge in [-0.3, -0.25) is 19.6 Å². The molecule has 0 radical (unpaired) electrons. The number of non-ortho nitro benzene ring substituents is 1. The van der Waals surface area contributed by atoms with Crippen molar-refractivity contribution >= 4 is 11.6 Å². The number of nitrogens with zero attached hydrogens (tertiary/aromatic N) is 4. The summed E-state index contributed by atoms with van der Waals surface area (Å²) in [6, 6.07) is 6.19. The van der Waals surface area contributed by atoms with Crippen molar-refractivity contribution in [1.29, 1.82) is 0 Å². The monoisotopic (exact) mass is 344 g/mol. The maximum Gasteiger partial charge on any atom is 0.269 e. The molecule has 1 fully saturated rings. The maximum absolute atomic E-state index is 12.7. The molecule has 2 aromatic rings. The van der Waals surface area contributed by atoms with Gasteiger partial charge < -0.3 is 9.64 Å². The molecule has 0 saturated carbocycles. The molecule has 2 heterocycles. The topological polar surface area (TPSA) is 90.5 Å². The van der Waals surface area contributed by atoms with Crippen LogP contribution in [0.5, 0.6) is 0 Å². The number of rotatable bonds is 4. The third kappa shape index (κ3) is 3.69. The SMILES string of the molecule is Cn1cc(C2(C)CN(C(=O)Cc3cccc([N+](=O)[O-])c3)CCO2)cn1. The first-order chi connectivity index (χ1) is 11.9. The third-order valence-electron chi connectivity index (χ3n) is 4.42. The van der Waals surface area contributed by atoms with E-state index in [0.29, 0.717) is 25.3 Å². The first-order valence-electron chi connectivity index (χ1n) is 8.01. The van der Waals surface area contributed by atoms with Crippen molar-refractivity contribution in [1.82, 2.24) is 14.7 Å². The van der Waals surface area contributed by atoms with E-state index in [1.807, 2.05) is 20.2 Å². The van der Waals surface area contributed by atoms with Crippen LogP contribution in [-0.2, 0) is 28.6 Å². The Morgan fingerprint density at radius 1 is 1.48 bits per heavy atom. The van der Waals surface area contributed by atoms with Crippen LogP contribution in [0.4, 0.5) is 5.69 Å². The van der Waals surface area contributed by atoms with Gasteiger partial charge in [-0.05, 0) is 12.5 Å². The molecule has 0 aliphatic carbocycles. The summed E-state index contributed by atoms with van der Waals surface area (Å²) in [5.74, 6) is -0.0705. The van der Waals surface area contributed by atoms with Crippen molar-refractivity contribution in [2.45, 2.75) is 18.9 Å². The van der Waals surface area contributed by atoms with Gasteiger partial charge in [0, 0.05) is 37.5 Å². The second-order valence-electron chi connectivity index (χ2n) is 6.40. The molecule has 1 aliphatic rings. The van der Waals surface area contributed by atoms with Crippen LogP contribution in [0.25, 0.3) is 0 Å². The van der Waals surface area contributed by atoms with E-state index in [-0.39, 0.29) is 18.0 Å². The molecule has 1 aromatic heterocycles. The number of amides is 1. The first-order valence-corrected chi connectivity index (χ1v) is 8.01. The minimum absolute atomic E-state index is 0.00697. The molecule has 0 N–H and O–H groups in total. The van der Waals surface area contributed by atoms with Gasteiger partial charge in [0.1, 0.15) is 5.60 Å². The number of aromatic nitrogens is 2. The van der Waals surface area contributed by atoms with Gasteiger partial charge in [0.25, 0.3) is 5.69 Å². The lowest BCUT2D eigenvalue weighted by atomic mass is 9.96. The van der Waals surface area contributed by atoms with E-state index in [9.17, 15) is 14.9 Å². The van der Waals surface area contributed by atoms with Gasteiger partial charge >= 0.3 is 0 Å². The Morgan fingerprint density at radius 2 is 2.28 bits per heavy atom. The summed E-state index contributed by atoms with van der Waals surface area (Å²) in [7, 11) is 1.83. The molecular formula is C17H20N4O4. The Bertz CT molecular complexity index is 803. The van der Waals surface area contributed by atoms with Gasteiger partial charge in [-0.25, -0.2) is 0 Å². The van der Waals surface area contributed by atoms with Crippen LogP contribution in [0, 0.1) is 10.1 Å². The second-order valence-corrected chi connectivity index (χ2v) is 6.40. The van der Waals surface area contributed by atoms with Crippen LogP contribution in [-0.4, -0.2) is 45.2 Å². The van der Waals surface area contributed by atoms with Crippen LogP contribution in [0.15, 0.2) is 36.7 Å². The average Bonchev–Trinajstić information content (AvgIpc) is 3.02. The molecule has 1 unspecified atom stereocenters. The zero-order chi connectivity index (χ0) is 18.0. The highest BCUT2D eigenvalue weighted by Gasteiger charge is 2.36. The molecule has 1 aromatic carbocycles. The number of carbonyl (C=O) groups is 1. The number of nitro benzene ring substituents is 1. The number of nitro groups is 1. The van der Waals surface area contributed by atoms with Crippen molar-refractivity contribution in [2.24, 2.45) is 7.05 Å². The molecule has 0 bridgehead atoms. The molecule has 1 aliphatic heterocycles. The van der Waals surface area contributed by atoms with E-state index in [1.54, 1.807) is 27.9 Å². The highest BCUT2D eigenvalue weighted by atomic mass is 16.6. The summed E-state index contributed by atoms with van der Waals surface area (Å²) < 4.78 is 7.61. The van der Waals surface area contributed by atoms with Crippen LogP contribution in [0.1, 0.15) is 18.1 Å². The molecule has 25 heavy (non-hydrogen) atoms. The average molecular weight is 344 g/mol. The summed E-state index contributed by atoms with van der Waals surface area (Å²) in [5.41, 5.74) is 0.939. The highest BCUT2D eigenvalue weighted by Crippen LogP contribution is 2.29. The molecule has 132 valence electrons. The standard InChI is InChI=1S/C17H20N4O4/c1-17(14-10-18-19(2)11-14)12-20(6-7-25-17)16(22)9-13-4-3-5-15(8-13)21(23)24/h3-5,8,10-11H,6-7,9,12H2,1-2H3. The van der Waals surface area contributed by atoms with E-state index in [4.69, 9.17) is 4.74 Å². The minimum atomic E-state index is -0.606. The van der Waals surface area contributed by atoms with Gasteiger partial charge in [-0.15, -0.1) is 0 Å². The van der Waals surface area contributed by atoms with Crippen LogP contribution >= 0.6 is 0 Å². The van der Waals surface area contributed by atoms with Crippen molar-refractivity contribution in [2.75, 3.05) is 19.7 Å². The number of hydrogen-bond donors (Lipinski definition) is 0. The predicted octanol–water partition coefficient (Wildman–Crippen LogP) is 1.64. The summed E-state index contributed by atoms with van der Waals surface area (Å²) in [6.07, 6.45) is 3.76. The summed E-state index contributed by atoms with van der Waals surface area (Å²) in [5, 5.41) is 15.0. The molecule has 8 heteroatoms. The Hall–Kier alpha value is -2.74. The Balaban J connectivity index is 1.72. The fourth-order valence-electron chi connectivity index (χ4n) is 3.02. The number of aryl methyl sites for hydroxylation is 1. The minimum Gasteiger partial charge on any atom is -0.367 e. The number of benzene rings is 1. The first kappa shape index (κ1) is 17.1. The van der Waals surface area contributed by atoms with Crippen molar-refractivity contribution in [3.8, 4) is 0 Å². The molecule has 8 nitrogen and oxygen atoms in total. The van der Waals surface area contributed by atoms with Gasteiger partial charge in [-0.2, -0.15) is 5.10 Å². The number of ether oxygens (including phenoxy) is 1. The van der Waals surface area contributed by atoms with E-state index in [0.717, 1.165) is 5.56 Å². The largest absolute Gasteiger partial charge is 0.367 e. The Kier molecular flexibility index (Phi) is 4.54. The molecule has 1 atom stereocenters. The van der Waals surface area contributed by atoms with Crippen LogP contribution < -0.4 is 0 Å². The fraction of sp³-hybridized carbons (Fsp3) is 0.412. The number of carbonyl (C=O) groups excluding carboxylic acids is 1. The quantitative estimate of drug-likeness (QED) is 0.621. The van der Waals surface area contributed by atoms with Gasteiger partial charge in [0.05, 0.1) is 30.7 Å². The molecule has 0 spiro atoms. The van der Waals surface area contributed by atoms with Gasteiger partial charge in [0.2, 0.25) is 5.91 Å². The molecular weight excluding hydrogens is 324 g/mol. The summed E-state index contributed by atoms with van der Waals surface area (Å²) in [4.78, 5) is 24.8. The molecule has 3 rings (SSSR count).